The molecular formula is C20H43N2O6P. The molecule has 0 aromatic heterocycles. The predicted molar refractivity (Wildman–Crippen MR) is 113 cm³/mol. The maximum absolute atomic E-state index is 11.9. The quantitative estimate of drug-likeness (QED) is 0.193. The molecule has 3 unspecified atom stereocenters. The third-order valence-corrected chi connectivity index (χ3v) is 5.59. The minimum Gasteiger partial charge on any atom is -0.756 e. The number of phosphoric ester groups is 1. The summed E-state index contributed by atoms with van der Waals surface area (Å²) in [5.74, 6) is -0.347. The molecule has 8 nitrogen and oxygen atoms in total. The highest BCUT2D eigenvalue weighted by Crippen LogP contribution is 2.38. The zero-order valence-electron chi connectivity index (χ0n) is 19.0. The lowest BCUT2D eigenvalue weighted by atomic mass is 10.0. The number of hydrogen-bond donors (Lipinski definition) is 2. The number of carbonyl (C=O) groups is 1. The number of amides is 1. The summed E-state index contributed by atoms with van der Waals surface area (Å²) in [6, 6.07) is -0.790. The van der Waals surface area contributed by atoms with Crippen LogP contribution in [0.1, 0.15) is 71.6 Å². The van der Waals surface area contributed by atoms with E-state index in [9.17, 15) is 19.4 Å². The van der Waals surface area contributed by atoms with Gasteiger partial charge in [-0.1, -0.05) is 58.3 Å². The van der Waals surface area contributed by atoms with Gasteiger partial charge in [0.25, 0.3) is 7.82 Å². The Kier molecular flexibility index (Phi) is 15.1. The summed E-state index contributed by atoms with van der Waals surface area (Å²) in [5, 5.41) is 13.0. The monoisotopic (exact) mass is 438 g/mol. The minimum atomic E-state index is -4.49. The second-order valence-electron chi connectivity index (χ2n) is 8.73. The van der Waals surface area contributed by atoms with Gasteiger partial charge in [-0.15, -0.1) is 0 Å². The first-order valence-corrected chi connectivity index (χ1v) is 12.3. The number of hydrogen-bond acceptors (Lipinski definition) is 6. The SMILES string of the molecule is CCCCCCCCCCC(O)C(COP(=O)([O-])OCC[N+](C)(C)C)NC(C)=O. The molecule has 0 aromatic carbocycles. The molecule has 9 heteroatoms. The van der Waals surface area contributed by atoms with E-state index in [0.717, 1.165) is 19.3 Å². The molecule has 29 heavy (non-hydrogen) atoms. The van der Waals surface area contributed by atoms with Gasteiger partial charge in [-0.25, -0.2) is 0 Å². The van der Waals surface area contributed by atoms with Gasteiger partial charge in [-0.2, -0.15) is 0 Å². The number of carbonyl (C=O) groups excluding carboxylic acids is 1. The van der Waals surface area contributed by atoms with Crippen molar-refractivity contribution in [2.24, 2.45) is 0 Å². The lowest BCUT2D eigenvalue weighted by molar-refractivity contribution is -0.870. The molecule has 0 saturated heterocycles. The average Bonchev–Trinajstić information content (AvgIpc) is 2.59. The third kappa shape index (κ3) is 18.0. The van der Waals surface area contributed by atoms with E-state index in [1.54, 1.807) is 0 Å². The van der Waals surface area contributed by atoms with Gasteiger partial charge in [-0.3, -0.25) is 9.36 Å². The van der Waals surface area contributed by atoms with Crippen LogP contribution in [0.25, 0.3) is 0 Å². The summed E-state index contributed by atoms with van der Waals surface area (Å²) < 4.78 is 22.2. The van der Waals surface area contributed by atoms with Crippen LogP contribution in [0.4, 0.5) is 0 Å². The van der Waals surface area contributed by atoms with Crippen molar-refractivity contribution >= 4 is 13.7 Å². The fourth-order valence-corrected chi connectivity index (χ4v) is 3.56. The number of nitrogens with one attached hydrogen (secondary N) is 1. The minimum absolute atomic E-state index is 0.00981. The maximum Gasteiger partial charge on any atom is 0.268 e. The van der Waals surface area contributed by atoms with Crippen molar-refractivity contribution in [3.8, 4) is 0 Å². The molecule has 0 spiro atoms. The van der Waals surface area contributed by atoms with E-state index < -0.39 is 20.0 Å². The number of phosphoric acid groups is 1. The van der Waals surface area contributed by atoms with Crippen molar-refractivity contribution < 1.29 is 32.9 Å². The van der Waals surface area contributed by atoms with Gasteiger partial charge in [-0.05, 0) is 6.42 Å². The summed E-state index contributed by atoms with van der Waals surface area (Å²) in [6.07, 6.45) is 8.77. The van der Waals surface area contributed by atoms with Crippen LogP contribution in [0, 0.1) is 0 Å². The van der Waals surface area contributed by atoms with Gasteiger partial charge in [0.2, 0.25) is 5.91 Å². The van der Waals surface area contributed by atoms with Gasteiger partial charge in [0.15, 0.2) is 0 Å². The van der Waals surface area contributed by atoms with Crippen LogP contribution in [0.2, 0.25) is 0 Å². The Balaban J connectivity index is 4.28. The summed E-state index contributed by atoms with van der Waals surface area (Å²) in [4.78, 5) is 23.3. The van der Waals surface area contributed by atoms with Crippen molar-refractivity contribution in [1.82, 2.24) is 5.32 Å². The molecule has 0 radical (unpaired) electrons. The Hall–Kier alpha value is -0.500. The Morgan fingerprint density at radius 1 is 1.07 bits per heavy atom. The van der Waals surface area contributed by atoms with E-state index in [4.69, 9.17) is 9.05 Å². The molecular weight excluding hydrogens is 395 g/mol. The highest BCUT2D eigenvalue weighted by Gasteiger charge is 2.23. The molecule has 3 atom stereocenters. The normalized spacial score (nSPS) is 16.2. The van der Waals surface area contributed by atoms with Crippen LogP contribution >= 0.6 is 7.82 Å². The first-order valence-electron chi connectivity index (χ1n) is 10.8. The summed E-state index contributed by atoms with van der Waals surface area (Å²) >= 11 is 0. The van der Waals surface area contributed by atoms with Gasteiger partial charge >= 0.3 is 0 Å². The molecule has 2 N–H and O–H groups in total. The van der Waals surface area contributed by atoms with Crippen molar-refractivity contribution in [2.75, 3.05) is 40.9 Å². The molecule has 174 valence electrons. The first kappa shape index (κ1) is 28.5. The van der Waals surface area contributed by atoms with E-state index >= 15 is 0 Å². The number of likely N-dealkylation sites (N-methyl/N-ethyl adjacent to an activating group) is 1. The Morgan fingerprint density at radius 2 is 1.62 bits per heavy atom. The van der Waals surface area contributed by atoms with E-state index in [1.165, 1.54) is 39.0 Å². The number of aliphatic hydroxyl groups is 1. The topological polar surface area (TPSA) is 108 Å². The van der Waals surface area contributed by atoms with E-state index in [-0.39, 0.29) is 19.1 Å². The second kappa shape index (κ2) is 15.3. The number of unbranched alkanes of at least 4 members (excludes halogenated alkanes) is 7. The lowest BCUT2D eigenvalue weighted by Gasteiger charge is -2.29. The van der Waals surface area contributed by atoms with Crippen LogP contribution in [-0.4, -0.2) is 68.5 Å². The smallest absolute Gasteiger partial charge is 0.268 e. The molecule has 0 aromatic rings. The highest BCUT2D eigenvalue weighted by molar-refractivity contribution is 7.45. The fraction of sp³-hybridized carbons (Fsp3) is 0.950. The van der Waals surface area contributed by atoms with Crippen molar-refractivity contribution in [1.29, 1.82) is 0 Å². The van der Waals surface area contributed by atoms with Gasteiger partial charge in [0, 0.05) is 6.92 Å². The summed E-state index contributed by atoms with van der Waals surface area (Å²) in [7, 11) is 1.29. The van der Waals surface area contributed by atoms with Crippen LogP contribution in [0.15, 0.2) is 0 Å². The molecule has 0 aliphatic carbocycles. The zero-order valence-corrected chi connectivity index (χ0v) is 19.9. The maximum atomic E-state index is 11.9. The molecule has 0 bridgehead atoms. The van der Waals surface area contributed by atoms with Crippen LogP contribution in [0.5, 0.6) is 0 Å². The van der Waals surface area contributed by atoms with Crippen LogP contribution < -0.4 is 10.2 Å². The van der Waals surface area contributed by atoms with Crippen molar-refractivity contribution in [3.63, 3.8) is 0 Å². The van der Waals surface area contributed by atoms with Crippen molar-refractivity contribution in [3.05, 3.63) is 0 Å². The zero-order chi connectivity index (χ0) is 22.3. The van der Waals surface area contributed by atoms with Crippen LogP contribution in [-0.2, 0) is 18.4 Å². The number of aliphatic hydroxyl groups excluding tert-OH is 1. The van der Waals surface area contributed by atoms with Crippen LogP contribution in [0.3, 0.4) is 0 Å². The molecule has 0 aliphatic rings. The number of nitrogens with zero attached hydrogens (tertiary/aromatic N) is 1. The van der Waals surface area contributed by atoms with Gasteiger partial charge in [0.05, 0.1) is 39.9 Å². The van der Waals surface area contributed by atoms with E-state index in [1.807, 2.05) is 21.1 Å². The second-order valence-corrected chi connectivity index (χ2v) is 10.1. The highest BCUT2D eigenvalue weighted by atomic mass is 31.2. The third-order valence-electron chi connectivity index (χ3n) is 4.63. The van der Waals surface area contributed by atoms with E-state index in [0.29, 0.717) is 17.4 Å². The molecule has 0 heterocycles. The summed E-state index contributed by atoms with van der Waals surface area (Å²) in [6.45, 7) is 3.69. The number of quaternary nitrogens is 1. The molecule has 0 fully saturated rings. The molecule has 0 aliphatic heterocycles. The Bertz CT molecular complexity index is 484. The number of rotatable bonds is 18. The molecule has 0 saturated carbocycles. The predicted octanol–water partition coefficient (Wildman–Crippen LogP) is 2.59. The van der Waals surface area contributed by atoms with Gasteiger partial charge in [0.1, 0.15) is 13.2 Å². The van der Waals surface area contributed by atoms with Gasteiger partial charge < -0.3 is 28.8 Å². The molecule has 1 amide bonds. The fourth-order valence-electron chi connectivity index (χ4n) is 2.83. The molecule has 0 rings (SSSR count). The first-order chi connectivity index (χ1) is 13.5. The van der Waals surface area contributed by atoms with Crippen molar-refractivity contribution in [2.45, 2.75) is 83.8 Å². The average molecular weight is 439 g/mol. The Morgan fingerprint density at radius 3 is 2.14 bits per heavy atom. The van der Waals surface area contributed by atoms with E-state index in [2.05, 4.69) is 12.2 Å². The largest absolute Gasteiger partial charge is 0.756 e. The standard InChI is InChI=1S/C20H43N2O6P/c1-6-7-8-9-10-11-12-13-14-20(24)19(21-18(2)23)17-28-29(25,26)27-16-15-22(3,4)5/h19-20,24H,6-17H2,1-5H3,(H-,21,23,25,26). The Labute approximate surface area is 177 Å². The lowest BCUT2D eigenvalue weighted by Crippen LogP contribution is -2.45. The summed E-state index contributed by atoms with van der Waals surface area (Å²) in [5.41, 5.74) is 0.